The Morgan fingerprint density at radius 2 is 2.05 bits per heavy atom. The van der Waals surface area contributed by atoms with Crippen LogP contribution in [0.15, 0.2) is 29.2 Å². The fourth-order valence-corrected chi connectivity index (χ4v) is 3.40. The smallest absolute Gasteiger partial charge is 0.180 e. The fourth-order valence-electron chi connectivity index (χ4n) is 2.26. The number of benzene rings is 1. The number of sulfone groups is 1. The summed E-state index contributed by atoms with van der Waals surface area (Å²) < 4.78 is 29.7. The predicted octanol–water partition coefficient (Wildman–Crippen LogP) is 2.29. The lowest BCUT2D eigenvalue weighted by atomic mass is 10.2. The Kier molecular flexibility index (Phi) is 4.56. The fraction of sp³-hybridized carbons (Fsp3) is 0.500. The minimum absolute atomic E-state index is 0.0294. The van der Waals surface area contributed by atoms with Gasteiger partial charge >= 0.3 is 0 Å². The molecule has 1 aromatic carbocycles. The van der Waals surface area contributed by atoms with E-state index in [2.05, 4.69) is 0 Å². The molecule has 102 valence electrons. The van der Waals surface area contributed by atoms with Crippen molar-refractivity contribution in [1.82, 2.24) is 0 Å². The van der Waals surface area contributed by atoms with Crippen LogP contribution in [0.2, 0.25) is 0 Å². The Morgan fingerprint density at radius 1 is 1.32 bits per heavy atom. The maximum Gasteiger partial charge on any atom is 0.180 e. The van der Waals surface area contributed by atoms with Crippen LogP contribution in [0.25, 0.3) is 0 Å². The van der Waals surface area contributed by atoms with Crippen molar-refractivity contribution in [2.45, 2.75) is 36.7 Å². The number of nitrogens with zero attached hydrogens (tertiary/aromatic N) is 1. The number of rotatable bonds is 5. The Hall–Kier alpha value is -1.38. The van der Waals surface area contributed by atoms with Crippen LogP contribution in [0.5, 0.6) is 0 Å². The van der Waals surface area contributed by atoms with Gasteiger partial charge in [-0.2, -0.15) is 5.26 Å². The molecule has 0 spiro atoms. The molecule has 0 N–H and O–H groups in total. The molecule has 1 aliphatic rings. The summed E-state index contributed by atoms with van der Waals surface area (Å²) in [6.45, 7) is 0.226. The first-order chi connectivity index (χ1) is 9.12. The number of hydrogen-bond acceptors (Lipinski definition) is 4. The first kappa shape index (κ1) is 14.0. The molecule has 1 aliphatic carbocycles. The molecule has 0 unspecified atom stereocenters. The maximum absolute atomic E-state index is 12.1. The van der Waals surface area contributed by atoms with Crippen LogP contribution in [-0.2, 0) is 14.6 Å². The van der Waals surface area contributed by atoms with Crippen LogP contribution in [-0.4, -0.2) is 26.9 Å². The van der Waals surface area contributed by atoms with Crippen molar-refractivity contribution in [2.75, 3.05) is 12.4 Å². The van der Waals surface area contributed by atoms with Crippen LogP contribution < -0.4 is 0 Å². The van der Waals surface area contributed by atoms with E-state index in [4.69, 9.17) is 10.00 Å². The highest BCUT2D eigenvalue weighted by molar-refractivity contribution is 7.91. The van der Waals surface area contributed by atoms with Crippen molar-refractivity contribution in [3.63, 3.8) is 0 Å². The number of nitriles is 1. The highest BCUT2D eigenvalue weighted by Gasteiger charge is 2.18. The largest absolute Gasteiger partial charge is 0.377 e. The Labute approximate surface area is 113 Å². The molecule has 2 rings (SSSR count). The molecule has 0 bridgehead atoms. The molecule has 4 nitrogen and oxygen atoms in total. The second-order valence-electron chi connectivity index (χ2n) is 4.74. The standard InChI is InChI=1S/C14H17NO3S/c15-11-12-4-3-7-14(10-12)19(16,17)9-8-18-13-5-1-2-6-13/h3-4,7,10,13H,1-2,5-6,8-9H2. The first-order valence-electron chi connectivity index (χ1n) is 6.46. The van der Waals surface area contributed by atoms with E-state index in [9.17, 15) is 8.42 Å². The van der Waals surface area contributed by atoms with Gasteiger partial charge in [-0.3, -0.25) is 0 Å². The summed E-state index contributed by atoms with van der Waals surface area (Å²) in [6.07, 6.45) is 4.62. The van der Waals surface area contributed by atoms with Gasteiger partial charge in [-0.25, -0.2) is 8.42 Å². The summed E-state index contributed by atoms with van der Waals surface area (Å²) in [4.78, 5) is 0.196. The lowest BCUT2D eigenvalue weighted by molar-refractivity contribution is 0.0697. The lowest BCUT2D eigenvalue weighted by Crippen LogP contribution is -2.17. The summed E-state index contributed by atoms with van der Waals surface area (Å²) in [6, 6.07) is 8.05. The van der Waals surface area contributed by atoms with Crippen molar-refractivity contribution in [1.29, 1.82) is 5.26 Å². The maximum atomic E-state index is 12.1. The highest BCUT2D eigenvalue weighted by Crippen LogP contribution is 2.21. The second kappa shape index (κ2) is 6.18. The van der Waals surface area contributed by atoms with Gasteiger partial charge in [0.05, 0.1) is 35.0 Å². The average molecular weight is 279 g/mol. The van der Waals surface area contributed by atoms with E-state index in [1.807, 2.05) is 6.07 Å². The lowest BCUT2D eigenvalue weighted by Gasteiger charge is -2.11. The highest BCUT2D eigenvalue weighted by atomic mass is 32.2. The Bertz CT molecular complexity index is 569. The van der Waals surface area contributed by atoms with Crippen LogP contribution in [0.3, 0.4) is 0 Å². The van der Waals surface area contributed by atoms with Gasteiger partial charge in [0.15, 0.2) is 9.84 Å². The third-order valence-electron chi connectivity index (χ3n) is 3.33. The topological polar surface area (TPSA) is 67.2 Å². The van der Waals surface area contributed by atoms with Crippen molar-refractivity contribution in [2.24, 2.45) is 0 Å². The van der Waals surface area contributed by atoms with Gasteiger partial charge in [0.2, 0.25) is 0 Å². The van der Waals surface area contributed by atoms with Crippen LogP contribution in [0.4, 0.5) is 0 Å². The van der Waals surface area contributed by atoms with E-state index in [0.717, 1.165) is 12.8 Å². The molecular weight excluding hydrogens is 262 g/mol. The molecule has 0 radical (unpaired) electrons. The Balaban J connectivity index is 1.95. The molecule has 0 aromatic heterocycles. The summed E-state index contributed by atoms with van der Waals surface area (Å²) in [5.74, 6) is -0.0294. The quantitative estimate of drug-likeness (QED) is 0.829. The zero-order chi connectivity index (χ0) is 13.7. The second-order valence-corrected chi connectivity index (χ2v) is 6.84. The van der Waals surface area contributed by atoms with Crippen LogP contribution in [0, 0.1) is 11.3 Å². The summed E-state index contributed by atoms with van der Waals surface area (Å²) in [7, 11) is -3.36. The van der Waals surface area contributed by atoms with Gasteiger partial charge in [0.25, 0.3) is 0 Å². The zero-order valence-corrected chi connectivity index (χ0v) is 11.5. The number of ether oxygens (including phenoxy) is 1. The van der Waals surface area contributed by atoms with Gasteiger partial charge < -0.3 is 4.74 Å². The first-order valence-corrected chi connectivity index (χ1v) is 8.11. The monoisotopic (exact) mass is 279 g/mol. The van der Waals surface area contributed by atoms with Crippen molar-refractivity contribution >= 4 is 9.84 Å². The Morgan fingerprint density at radius 3 is 2.74 bits per heavy atom. The summed E-state index contributed by atoms with van der Waals surface area (Å²) in [5, 5.41) is 8.78. The third kappa shape index (κ3) is 3.79. The molecule has 1 fully saturated rings. The SMILES string of the molecule is N#Cc1cccc(S(=O)(=O)CCOC2CCCC2)c1. The average Bonchev–Trinajstić information content (AvgIpc) is 2.92. The van der Waals surface area contributed by atoms with E-state index < -0.39 is 9.84 Å². The molecular formula is C14H17NO3S. The van der Waals surface area contributed by atoms with E-state index >= 15 is 0 Å². The molecule has 0 heterocycles. The molecule has 1 aromatic rings. The molecule has 19 heavy (non-hydrogen) atoms. The van der Waals surface area contributed by atoms with E-state index in [-0.39, 0.29) is 23.4 Å². The number of hydrogen-bond donors (Lipinski definition) is 0. The molecule has 5 heteroatoms. The van der Waals surface area contributed by atoms with E-state index in [1.54, 1.807) is 12.1 Å². The van der Waals surface area contributed by atoms with Crippen LogP contribution >= 0.6 is 0 Å². The minimum Gasteiger partial charge on any atom is -0.377 e. The zero-order valence-electron chi connectivity index (χ0n) is 10.7. The van der Waals surface area contributed by atoms with Gasteiger partial charge in [0, 0.05) is 0 Å². The minimum atomic E-state index is -3.36. The van der Waals surface area contributed by atoms with Crippen molar-refractivity contribution < 1.29 is 13.2 Å². The molecule has 0 aliphatic heterocycles. The summed E-state index contributed by atoms with van der Waals surface area (Å²) >= 11 is 0. The van der Waals surface area contributed by atoms with Crippen molar-refractivity contribution in [3.8, 4) is 6.07 Å². The molecule has 0 saturated heterocycles. The van der Waals surface area contributed by atoms with Gasteiger partial charge in [-0.05, 0) is 31.0 Å². The van der Waals surface area contributed by atoms with Gasteiger partial charge in [-0.1, -0.05) is 18.9 Å². The van der Waals surface area contributed by atoms with Gasteiger partial charge in [0.1, 0.15) is 0 Å². The predicted molar refractivity (Wildman–Crippen MR) is 71.4 cm³/mol. The van der Waals surface area contributed by atoms with Gasteiger partial charge in [-0.15, -0.1) is 0 Å². The van der Waals surface area contributed by atoms with Crippen LogP contribution in [0.1, 0.15) is 31.2 Å². The molecule has 1 saturated carbocycles. The normalized spacial score (nSPS) is 16.4. The van der Waals surface area contributed by atoms with E-state index in [1.165, 1.54) is 25.0 Å². The molecule has 0 amide bonds. The molecule has 0 atom stereocenters. The van der Waals surface area contributed by atoms with Crippen molar-refractivity contribution in [3.05, 3.63) is 29.8 Å². The third-order valence-corrected chi connectivity index (χ3v) is 5.01. The summed E-state index contributed by atoms with van der Waals surface area (Å²) in [5.41, 5.74) is 0.359. The van der Waals surface area contributed by atoms with E-state index in [0.29, 0.717) is 5.56 Å².